The lowest BCUT2D eigenvalue weighted by Crippen LogP contribution is -2.04. The molecule has 0 aliphatic carbocycles. The molecule has 5 rings (SSSR count). The molecule has 0 spiro atoms. The predicted octanol–water partition coefficient (Wildman–Crippen LogP) is 2.08. The third-order valence-corrected chi connectivity index (χ3v) is 4.67. The van der Waals surface area contributed by atoms with Crippen LogP contribution in [-0.4, -0.2) is 44.1 Å². The van der Waals surface area contributed by atoms with Gasteiger partial charge in [-0.25, -0.2) is 19.6 Å². The highest BCUT2D eigenvalue weighted by atomic mass is 79.9. The molecule has 26 heavy (non-hydrogen) atoms. The third kappa shape index (κ3) is 2.46. The van der Waals surface area contributed by atoms with E-state index >= 15 is 0 Å². The normalized spacial score (nSPS) is 11.6. The van der Waals surface area contributed by atoms with Crippen LogP contribution >= 0.6 is 15.9 Å². The minimum atomic E-state index is 0.516. The minimum Gasteiger partial charge on any atom is -0.294 e. The zero-order chi connectivity index (χ0) is 17.7. The Morgan fingerprint density at radius 2 is 2.00 bits per heavy atom. The lowest BCUT2D eigenvalue weighted by molar-refractivity contribution is 0.662. The molecule has 0 aliphatic rings. The van der Waals surface area contributed by atoms with Crippen LogP contribution < -0.4 is 0 Å². The topological polar surface area (TPSA) is 91.6 Å². The molecule has 0 aliphatic heterocycles. The van der Waals surface area contributed by atoms with Crippen molar-refractivity contribution in [3.8, 4) is 11.3 Å². The van der Waals surface area contributed by atoms with Gasteiger partial charge < -0.3 is 0 Å². The van der Waals surface area contributed by atoms with Gasteiger partial charge in [0, 0.05) is 25.0 Å². The highest BCUT2D eigenvalue weighted by molar-refractivity contribution is 9.10. The summed E-state index contributed by atoms with van der Waals surface area (Å²) in [6, 6.07) is 3.98. The molecule has 0 unspecified atom stereocenters. The van der Waals surface area contributed by atoms with Crippen molar-refractivity contribution in [1.29, 1.82) is 0 Å². The second-order valence-corrected chi connectivity index (χ2v) is 6.71. The summed E-state index contributed by atoms with van der Waals surface area (Å²) < 4.78 is 6.35. The molecule has 0 saturated carbocycles. The van der Waals surface area contributed by atoms with Gasteiger partial charge in [0.25, 0.3) is 0 Å². The number of pyridine rings is 1. The van der Waals surface area contributed by atoms with Gasteiger partial charge in [-0.2, -0.15) is 5.10 Å². The van der Waals surface area contributed by atoms with Gasteiger partial charge >= 0.3 is 0 Å². The number of halogens is 1. The monoisotopic (exact) mass is 409 g/mol. The van der Waals surface area contributed by atoms with Gasteiger partial charge in [-0.1, -0.05) is 11.3 Å². The molecule has 5 aromatic rings. The van der Waals surface area contributed by atoms with Gasteiger partial charge in [0.2, 0.25) is 5.65 Å². The fourth-order valence-electron chi connectivity index (χ4n) is 2.82. The Kier molecular flexibility index (Phi) is 3.32. The molecule has 128 valence electrons. The number of rotatable bonds is 3. The van der Waals surface area contributed by atoms with Crippen molar-refractivity contribution in [2.75, 3.05) is 0 Å². The zero-order valence-electron chi connectivity index (χ0n) is 13.7. The van der Waals surface area contributed by atoms with Crippen molar-refractivity contribution >= 4 is 32.9 Å². The summed E-state index contributed by atoms with van der Waals surface area (Å²) in [6.45, 7) is 0.530. The Morgan fingerprint density at radius 3 is 2.85 bits per heavy atom. The van der Waals surface area contributed by atoms with Crippen molar-refractivity contribution in [3.05, 3.63) is 53.3 Å². The van der Waals surface area contributed by atoms with Crippen LogP contribution in [0.5, 0.6) is 0 Å². The smallest absolute Gasteiger partial charge is 0.221 e. The molecule has 9 nitrogen and oxygen atoms in total. The second kappa shape index (κ2) is 5.70. The Hall–Kier alpha value is -3.14. The van der Waals surface area contributed by atoms with Crippen LogP contribution in [0.2, 0.25) is 0 Å². The number of imidazole rings is 1. The van der Waals surface area contributed by atoms with Gasteiger partial charge in [0.15, 0.2) is 5.65 Å². The van der Waals surface area contributed by atoms with E-state index in [4.69, 9.17) is 0 Å². The van der Waals surface area contributed by atoms with E-state index in [2.05, 4.69) is 46.3 Å². The van der Waals surface area contributed by atoms with Gasteiger partial charge in [0.05, 0.1) is 30.8 Å². The first kappa shape index (κ1) is 15.1. The van der Waals surface area contributed by atoms with E-state index in [1.807, 2.05) is 36.0 Å². The number of hydrogen-bond acceptors (Lipinski definition) is 6. The highest BCUT2D eigenvalue weighted by Crippen LogP contribution is 2.19. The SMILES string of the molecule is Cn1cc(-c2cnc3nnn(Cc4ccc5ncc(Br)n5c4)c3n2)cn1. The summed E-state index contributed by atoms with van der Waals surface area (Å²) in [5.74, 6) is 0. The first-order valence-electron chi connectivity index (χ1n) is 7.84. The average Bonchev–Trinajstić information content (AvgIpc) is 3.35. The quantitative estimate of drug-likeness (QED) is 0.452. The summed E-state index contributed by atoms with van der Waals surface area (Å²) in [5, 5.41) is 12.5. The maximum absolute atomic E-state index is 4.68. The van der Waals surface area contributed by atoms with Crippen molar-refractivity contribution in [2.45, 2.75) is 6.54 Å². The summed E-state index contributed by atoms with van der Waals surface area (Å²) in [4.78, 5) is 13.4. The predicted molar refractivity (Wildman–Crippen MR) is 97.3 cm³/mol. The Bertz CT molecular complexity index is 1250. The molecule has 0 atom stereocenters. The Morgan fingerprint density at radius 1 is 1.08 bits per heavy atom. The van der Waals surface area contributed by atoms with Crippen LogP contribution in [-0.2, 0) is 13.6 Å². The molecule has 0 amide bonds. The van der Waals surface area contributed by atoms with E-state index in [1.165, 1.54) is 0 Å². The number of nitrogens with zero attached hydrogens (tertiary/aromatic N) is 9. The minimum absolute atomic E-state index is 0.516. The van der Waals surface area contributed by atoms with Gasteiger partial charge in [0.1, 0.15) is 10.3 Å². The van der Waals surface area contributed by atoms with Crippen molar-refractivity contribution in [3.63, 3.8) is 0 Å². The summed E-state index contributed by atoms with van der Waals surface area (Å²) in [6.07, 6.45) is 9.13. The number of fused-ring (bicyclic) bond motifs is 2. The van der Waals surface area contributed by atoms with E-state index in [1.54, 1.807) is 28.0 Å². The number of aromatic nitrogens is 9. The Labute approximate surface area is 155 Å². The third-order valence-electron chi connectivity index (χ3n) is 4.08. The van der Waals surface area contributed by atoms with Gasteiger partial charge in [-0.3, -0.25) is 9.08 Å². The lowest BCUT2D eigenvalue weighted by atomic mass is 10.2. The fraction of sp³-hybridized carbons (Fsp3) is 0.125. The molecule has 5 heterocycles. The van der Waals surface area contributed by atoms with Gasteiger partial charge in [-0.05, 0) is 27.6 Å². The van der Waals surface area contributed by atoms with Crippen molar-refractivity contribution < 1.29 is 0 Å². The zero-order valence-corrected chi connectivity index (χ0v) is 15.2. The number of hydrogen-bond donors (Lipinski definition) is 0. The van der Waals surface area contributed by atoms with E-state index in [0.717, 1.165) is 27.1 Å². The van der Waals surface area contributed by atoms with Gasteiger partial charge in [-0.15, -0.1) is 5.10 Å². The lowest BCUT2D eigenvalue weighted by Gasteiger charge is -2.04. The maximum atomic E-state index is 4.68. The molecular formula is C16H12BrN9. The highest BCUT2D eigenvalue weighted by Gasteiger charge is 2.12. The van der Waals surface area contributed by atoms with Crippen LogP contribution in [0.1, 0.15) is 5.56 Å². The van der Waals surface area contributed by atoms with Crippen LogP contribution in [0.15, 0.2) is 47.7 Å². The average molecular weight is 410 g/mol. The van der Waals surface area contributed by atoms with Crippen molar-refractivity contribution in [1.82, 2.24) is 44.1 Å². The molecule has 0 fully saturated rings. The maximum Gasteiger partial charge on any atom is 0.221 e. The van der Waals surface area contributed by atoms with Crippen LogP contribution in [0.4, 0.5) is 0 Å². The Balaban J connectivity index is 1.56. The number of aryl methyl sites for hydroxylation is 1. The van der Waals surface area contributed by atoms with E-state index in [9.17, 15) is 0 Å². The summed E-state index contributed by atoms with van der Waals surface area (Å²) >= 11 is 3.49. The molecule has 5 aromatic heterocycles. The molecule has 0 aromatic carbocycles. The largest absolute Gasteiger partial charge is 0.294 e. The summed E-state index contributed by atoms with van der Waals surface area (Å²) in [7, 11) is 1.87. The van der Waals surface area contributed by atoms with Crippen LogP contribution in [0.3, 0.4) is 0 Å². The summed E-state index contributed by atoms with van der Waals surface area (Å²) in [5.41, 5.74) is 4.72. The van der Waals surface area contributed by atoms with Crippen LogP contribution in [0, 0.1) is 0 Å². The molecule has 0 N–H and O–H groups in total. The van der Waals surface area contributed by atoms with E-state index < -0.39 is 0 Å². The van der Waals surface area contributed by atoms with E-state index in [0.29, 0.717) is 17.8 Å². The first-order valence-corrected chi connectivity index (χ1v) is 8.63. The van der Waals surface area contributed by atoms with E-state index in [-0.39, 0.29) is 0 Å². The first-order chi connectivity index (χ1) is 12.7. The molecule has 10 heteroatoms. The molecule has 0 radical (unpaired) electrons. The standard InChI is InChI=1S/C16H12BrN9/c1-24-9-11(4-20-24)12-5-19-15-16(21-12)26(23-22-15)8-10-2-3-14-18-6-13(17)25(14)7-10/h2-7,9H,8H2,1H3. The second-order valence-electron chi connectivity index (χ2n) is 5.90. The fourth-order valence-corrected chi connectivity index (χ4v) is 3.20. The van der Waals surface area contributed by atoms with Crippen molar-refractivity contribution in [2.24, 2.45) is 7.05 Å². The molecular weight excluding hydrogens is 398 g/mol. The molecule has 0 saturated heterocycles. The van der Waals surface area contributed by atoms with Crippen LogP contribution in [0.25, 0.3) is 28.2 Å². The molecule has 0 bridgehead atoms.